The third-order valence-electron chi connectivity index (χ3n) is 1.64. The van der Waals surface area contributed by atoms with Crippen LogP contribution in [0.5, 0.6) is 0 Å². The molecule has 0 heterocycles. The minimum Gasteiger partial charge on any atom is -0.395 e. The molecule has 74 valence electrons. The summed E-state index contributed by atoms with van der Waals surface area (Å²) in [6.45, 7) is 3.15. The lowest BCUT2D eigenvalue weighted by molar-refractivity contribution is 0.285. The van der Waals surface area contributed by atoms with Crippen LogP contribution in [0.1, 0.15) is 6.92 Å². The second-order valence-corrected chi connectivity index (χ2v) is 4.60. The summed E-state index contributed by atoms with van der Waals surface area (Å²) in [7, 11) is 4.08. The zero-order valence-corrected chi connectivity index (χ0v) is 8.97. The van der Waals surface area contributed by atoms with E-state index in [0.29, 0.717) is 0 Å². The van der Waals surface area contributed by atoms with Crippen molar-refractivity contribution >= 4 is 11.8 Å². The van der Waals surface area contributed by atoms with E-state index in [2.05, 4.69) is 4.90 Å². The highest BCUT2D eigenvalue weighted by atomic mass is 32.2. The van der Waals surface area contributed by atoms with Gasteiger partial charge in [0.2, 0.25) is 0 Å². The molecule has 0 aromatic heterocycles. The van der Waals surface area contributed by atoms with Crippen LogP contribution in [0.15, 0.2) is 0 Å². The third kappa shape index (κ3) is 5.83. The van der Waals surface area contributed by atoms with Crippen molar-refractivity contribution in [2.75, 3.05) is 33.0 Å². The molecule has 3 nitrogen and oxygen atoms in total. The third-order valence-corrected chi connectivity index (χ3v) is 3.06. The first-order valence-electron chi connectivity index (χ1n) is 4.20. The van der Waals surface area contributed by atoms with E-state index in [-0.39, 0.29) is 17.9 Å². The van der Waals surface area contributed by atoms with E-state index in [1.54, 1.807) is 11.8 Å². The van der Waals surface area contributed by atoms with Gasteiger partial charge in [-0.25, -0.2) is 0 Å². The second kappa shape index (κ2) is 6.71. The molecule has 0 fully saturated rings. The number of rotatable bonds is 6. The minimum atomic E-state index is 0.0714. The predicted octanol–water partition coefficient (Wildman–Crippen LogP) is -0.0107. The van der Waals surface area contributed by atoms with Gasteiger partial charge in [-0.1, -0.05) is 0 Å². The highest BCUT2D eigenvalue weighted by Gasteiger charge is 2.12. The van der Waals surface area contributed by atoms with E-state index in [4.69, 9.17) is 10.8 Å². The average molecular weight is 192 g/mol. The zero-order chi connectivity index (χ0) is 9.56. The Morgan fingerprint density at radius 2 is 2.08 bits per heavy atom. The summed E-state index contributed by atoms with van der Waals surface area (Å²) in [5.74, 6) is 1.03. The molecular formula is C8H20N2OS. The minimum absolute atomic E-state index is 0.0714. The number of hydrogen-bond acceptors (Lipinski definition) is 4. The van der Waals surface area contributed by atoms with E-state index in [1.165, 1.54) is 0 Å². The Morgan fingerprint density at radius 1 is 1.50 bits per heavy atom. The molecule has 0 amide bonds. The van der Waals surface area contributed by atoms with Gasteiger partial charge in [-0.2, -0.15) is 11.8 Å². The van der Waals surface area contributed by atoms with Crippen molar-refractivity contribution in [1.29, 1.82) is 0 Å². The topological polar surface area (TPSA) is 49.5 Å². The van der Waals surface area contributed by atoms with Crippen LogP contribution in [0, 0.1) is 0 Å². The van der Waals surface area contributed by atoms with Gasteiger partial charge in [-0.15, -0.1) is 0 Å². The normalized spacial score (nSPS) is 16.5. The van der Waals surface area contributed by atoms with Crippen LogP contribution in [-0.4, -0.2) is 54.3 Å². The summed E-state index contributed by atoms with van der Waals surface area (Å²) in [5.41, 5.74) is 5.67. The first-order chi connectivity index (χ1) is 5.57. The molecule has 0 aliphatic rings. The van der Waals surface area contributed by atoms with Crippen molar-refractivity contribution in [2.24, 2.45) is 5.73 Å². The van der Waals surface area contributed by atoms with Crippen molar-refractivity contribution in [1.82, 2.24) is 4.90 Å². The van der Waals surface area contributed by atoms with Gasteiger partial charge in [-0.3, -0.25) is 0 Å². The fourth-order valence-electron chi connectivity index (χ4n) is 0.757. The Labute approximate surface area is 79.3 Å². The van der Waals surface area contributed by atoms with Gasteiger partial charge in [0.05, 0.1) is 6.61 Å². The van der Waals surface area contributed by atoms with E-state index >= 15 is 0 Å². The maximum Gasteiger partial charge on any atom is 0.0564 e. The molecule has 0 bridgehead atoms. The number of thioether (sulfide) groups is 1. The average Bonchev–Trinajstić information content (AvgIpc) is 1.96. The van der Waals surface area contributed by atoms with E-state index < -0.39 is 0 Å². The molecule has 4 heteroatoms. The quantitative estimate of drug-likeness (QED) is 0.621. The molecule has 0 radical (unpaired) electrons. The van der Waals surface area contributed by atoms with Crippen molar-refractivity contribution < 1.29 is 5.11 Å². The summed E-state index contributed by atoms with van der Waals surface area (Å²) >= 11 is 1.74. The second-order valence-electron chi connectivity index (χ2n) is 3.25. The molecule has 0 saturated carbocycles. The van der Waals surface area contributed by atoms with Crippen molar-refractivity contribution in [3.63, 3.8) is 0 Å². The van der Waals surface area contributed by atoms with Crippen molar-refractivity contribution in [3.05, 3.63) is 0 Å². The molecule has 0 aromatic carbocycles. The lowest BCUT2D eigenvalue weighted by Gasteiger charge is -2.18. The number of nitrogens with two attached hydrogens (primary N) is 1. The van der Waals surface area contributed by atoms with Crippen molar-refractivity contribution in [2.45, 2.75) is 18.2 Å². The van der Waals surface area contributed by atoms with Gasteiger partial charge in [0.1, 0.15) is 0 Å². The number of nitrogens with zero attached hydrogens (tertiary/aromatic N) is 1. The molecule has 0 saturated heterocycles. The Kier molecular flexibility index (Phi) is 6.84. The van der Waals surface area contributed by atoms with Gasteiger partial charge < -0.3 is 15.7 Å². The molecule has 12 heavy (non-hydrogen) atoms. The predicted molar refractivity (Wildman–Crippen MR) is 55.5 cm³/mol. The monoisotopic (exact) mass is 192 g/mol. The highest BCUT2D eigenvalue weighted by Crippen LogP contribution is 2.12. The lowest BCUT2D eigenvalue weighted by atomic mass is 10.3. The zero-order valence-electron chi connectivity index (χ0n) is 8.16. The highest BCUT2D eigenvalue weighted by molar-refractivity contribution is 8.00. The molecule has 0 aromatic rings. The molecule has 0 spiro atoms. The first kappa shape index (κ1) is 12.2. The van der Waals surface area contributed by atoms with Gasteiger partial charge >= 0.3 is 0 Å². The van der Waals surface area contributed by atoms with Crippen LogP contribution in [0.4, 0.5) is 0 Å². The number of aliphatic hydroxyl groups is 1. The van der Waals surface area contributed by atoms with Crippen molar-refractivity contribution in [3.8, 4) is 0 Å². The molecule has 0 rings (SSSR count). The van der Waals surface area contributed by atoms with E-state index in [9.17, 15) is 0 Å². The van der Waals surface area contributed by atoms with Gasteiger partial charge in [-0.05, 0) is 21.0 Å². The summed E-state index contributed by atoms with van der Waals surface area (Å²) in [6.07, 6.45) is 0. The van der Waals surface area contributed by atoms with Crippen LogP contribution in [0.2, 0.25) is 0 Å². The Morgan fingerprint density at radius 3 is 2.42 bits per heavy atom. The lowest BCUT2D eigenvalue weighted by Crippen LogP contribution is -2.32. The maximum absolute atomic E-state index is 8.95. The molecule has 0 aliphatic heterocycles. The van der Waals surface area contributed by atoms with Crippen LogP contribution in [-0.2, 0) is 0 Å². The maximum atomic E-state index is 8.95. The van der Waals surface area contributed by atoms with Crippen LogP contribution in [0.25, 0.3) is 0 Å². The van der Waals surface area contributed by atoms with Gasteiger partial charge in [0.25, 0.3) is 0 Å². The number of aliphatic hydroxyl groups excluding tert-OH is 1. The Balaban J connectivity index is 3.45. The standard InChI is InChI=1S/C8H20N2OS/c1-7(9)8(6-11)12-5-4-10(2)3/h7-8,11H,4-6,9H2,1-3H3. The van der Waals surface area contributed by atoms with Gasteiger partial charge in [0, 0.05) is 23.6 Å². The molecule has 2 unspecified atom stereocenters. The van der Waals surface area contributed by atoms with E-state index in [0.717, 1.165) is 12.3 Å². The first-order valence-corrected chi connectivity index (χ1v) is 5.25. The van der Waals surface area contributed by atoms with Gasteiger partial charge in [0.15, 0.2) is 0 Å². The summed E-state index contributed by atoms with van der Waals surface area (Å²) < 4.78 is 0. The van der Waals surface area contributed by atoms with Crippen LogP contribution in [0.3, 0.4) is 0 Å². The summed E-state index contributed by atoms with van der Waals surface area (Å²) in [5, 5.41) is 9.13. The smallest absolute Gasteiger partial charge is 0.0564 e. The fourth-order valence-corrected chi connectivity index (χ4v) is 1.94. The van der Waals surface area contributed by atoms with Crippen LogP contribution < -0.4 is 5.73 Å². The molecular weight excluding hydrogens is 172 g/mol. The SMILES string of the molecule is CC(N)C(CO)SCCN(C)C. The largest absolute Gasteiger partial charge is 0.395 e. The van der Waals surface area contributed by atoms with Crippen LogP contribution >= 0.6 is 11.8 Å². The Bertz CT molecular complexity index is 109. The summed E-state index contributed by atoms with van der Waals surface area (Å²) in [6, 6.07) is 0.0714. The fraction of sp³-hybridized carbons (Fsp3) is 1.00. The number of hydrogen-bond donors (Lipinski definition) is 2. The summed E-state index contributed by atoms with van der Waals surface area (Å²) in [4.78, 5) is 2.13. The van der Waals surface area contributed by atoms with E-state index in [1.807, 2.05) is 21.0 Å². The Hall–Kier alpha value is 0.230. The molecule has 2 atom stereocenters. The molecule has 3 N–H and O–H groups in total. The molecule has 0 aliphatic carbocycles.